The van der Waals surface area contributed by atoms with Crippen molar-refractivity contribution in [3.63, 3.8) is 0 Å². The zero-order valence-corrected chi connectivity index (χ0v) is 16.6. The Kier molecular flexibility index (Phi) is 5.29. The van der Waals surface area contributed by atoms with E-state index in [0.29, 0.717) is 18.7 Å². The molecule has 0 radical (unpaired) electrons. The minimum atomic E-state index is -0.0274. The van der Waals surface area contributed by atoms with Gasteiger partial charge in [-0.15, -0.1) is 0 Å². The fraction of sp³-hybridized carbons (Fsp3) is 0.167. The van der Waals surface area contributed by atoms with Crippen molar-refractivity contribution in [3.8, 4) is 11.4 Å². The lowest BCUT2D eigenvalue weighted by Crippen LogP contribution is -2.30. The first kappa shape index (κ1) is 18.7. The Morgan fingerprint density at radius 3 is 2.52 bits per heavy atom. The van der Waals surface area contributed by atoms with E-state index in [4.69, 9.17) is 4.74 Å². The molecule has 3 aromatic carbocycles. The number of ether oxygens (including phenoxy) is 1. The molecule has 0 unspecified atom stereocenters. The maximum Gasteiger partial charge on any atom is 0.253 e. The van der Waals surface area contributed by atoms with E-state index < -0.39 is 0 Å². The van der Waals surface area contributed by atoms with Crippen molar-refractivity contribution in [2.75, 3.05) is 20.2 Å². The summed E-state index contributed by atoms with van der Waals surface area (Å²) in [7, 11) is 1.79. The maximum atomic E-state index is 12.7. The first-order valence-electron chi connectivity index (χ1n) is 9.60. The number of nitrogens with zero attached hydrogens (tertiary/aromatic N) is 3. The number of aryl methyl sites for hydroxylation is 1. The van der Waals surface area contributed by atoms with Crippen molar-refractivity contribution in [1.29, 1.82) is 0 Å². The quantitative estimate of drug-likeness (QED) is 0.491. The molecule has 0 spiro atoms. The Morgan fingerprint density at radius 1 is 1.00 bits per heavy atom. The van der Waals surface area contributed by atoms with Crippen LogP contribution in [0.15, 0.2) is 79.1 Å². The number of amides is 1. The number of imidazole rings is 1. The van der Waals surface area contributed by atoms with Gasteiger partial charge < -0.3 is 9.64 Å². The van der Waals surface area contributed by atoms with E-state index in [1.807, 2.05) is 84.3 Å². The molecule has 4 aromatic rings. The van der Waals surface area contributed by atoms with Crippen LogP contribution in [0.25, 0.3) is 16.7 Å². The largest absolute Gasteiger partial charge is 0.491 e. The van der Waals surface area contributed by atoms with Gasteiger partial charge in [0.1, 0.15) is 18.7 Å². The highest BCUT2D eigenvalue weighted by molar-refractivity contribution is 5.94. The third-order valence-corrected chi connectivity index (χ3v) is 4.97. The second kappa shape index (κ2) is 8.19. The van der Waals surface area contributed by atoms with E-state index in [2.05, 4.69) is 4.98 Å². The lowest BCUT2D eigenvalue weighted by atomic mass is 10.1. The van der Waals surface area contributed by atoms with E-state index in [1.54, 1.807) is 18.3 Å². The van der Waals surface area contributed by atoms with Crippen LogP contribution >= 0.6 is 0 Å². The van der Waals surface area contributed by atoms with Gasteiger partial charge in [-0.25, -0.2) is 4.98 Å². The summed E-state index contributed by atoms with van der Waals surface area (Å²) in [5, 5.41) is 0. The number of carbonyl (C=O) groups excluding carboxylic acids is 1. The van der Waals surface area contributed by atoms with Crippen molar-refractivity contribution >= 4 is 16.9 Å². The molecule has 5 heteroatoms. The molecular formula is C24H23N3O2. The van der Waals surface area contributed by atoms with Crippen LogP contribution < -0.4 is 4.74 Å². The topological polar surface area (TPSA) is 47.4 Å². The third kappa shape index (κ3) is 3.99. The zero-order valence-electron chi connectivity index (χ0n) is 16.6. The summed E-state index contributed by atoms with van der Waals surface area (Å²) in [6, 6.07) is 23.4. The SMILES string of the molecule is Cc1ccccc1OCCN(C)C(=O)c1ccc(-n2cnc3ccccc32)cc1. The van der Waals surface area contributed by atoms with Crippen LogP contribution in [-0.4, -0.2) is 40.6 Å². The van der Waals surface area contributed by atoms with Gasteiger partial charge in [0.05, 0.1) is 17.6 Å². The molecule has 29 heavy (non-hydrogen) atoms. The molecular weight excluding hydrogens is 362 g/mol. The molecule has 0 saturated carbocycles. The summed E-state index contributed by atoms with van der Waals surface area (Å²) in [6.07, 6.45) is 1.80. The minimum Gasteiger partial charge on any atom is -0.491 e. The van der Waals surface area contributed by atoms with E-state index in [-0.39, 0.29) is 5.91 Å². The van der Waals surface area contributed by atoms with Crippen molar-refractivity contribution in [1.82, 2.24) is 14.5 Å². The summed E-state index contributed by atoms with van der Waals surface area (Å²) < 4.78 is 7.82. The second-order valence-corrected chi connectivity index (χ2v) is 6.99. The molecule has 1 amide bonds. The van der Waals surface area contributed by atoms with Crippen LogP contribution in [0.4, 0.5) is 0 Å². The molecule has 0 aliphatic rings. The number of carbonyl (C=O) groups is 1. The lowest BCUT2D eigenvalue weighted by Gasteiger charge is -2.18. The van der Waals surface area contributed by atoms with Crippen LogP contribution in [0.1, 0.15) is 15.9 Å². The summed E-state index contributed by atoms with van der Waals surface area (Å²) >= 11 is 0. The highest BCUT2D eigenvalue weighted by Gasteiger charge is 2.12. The number of fused-ring (bicyclic) bond motifs is 1. The van der Waals surface area contributed by atoms with Crippen molar-refractivity contribution in [3.05, 3.63) is 90.3 Å². The van der Waals surface area contributed by atoms with Gasteiger partial charge in [0.25, 0.3) is 5.91 Å². The van der Waals surface area contributed by atoms with Gasteiger partial charge in [-0.05, 0) is 55.0 Å². The number of rotatable bonds is 6. The molecule has 146 valence electrons. The Hall–Kier alpha value is -3.60. The van der Waals surface area contributed by atoms with E-state index in [0.717, 1.165) is 28.0 Å². The number of hydrogen-bond donors (Lipinski definition) is 0. The molecule has 1 aromatic heterocycles. The standard InChI is InChI=1S/C24H23N3O2/c1-18-7-3-6-10-23(18)29-16-15-26(2)24(28)19-11-13-20(14-12-19)27-17-25-21-8-4-5-9-22(21)27/h3-14,17H,15-16H2,1-2H3. The van der Waals surface area contributed by atoms with Crippen molar-refractivity contribution in [2.45, 2.75) is 6.92 Å². The van der Waals surface area contributed by atoms with Crippen LogP contribution in [0.5, 0.6) is 5.75 Å². The smallest absolute Gasteiger partial charge is 0.253 e. The van der Waals surface area contributed by atoms with Gasteiger partial charge >= 0.3 is 0 Å². The number of aromatic nitrogens is 2. The van der Waals surface area contributed by atoms with Gasteiger partial charge in [0.2, 0.25) is 0 Å². The summed E-state index contributed by atoms with van der Waals surface area (Å²) in [5.74, 6) is 0.825. The number of hydrogen-bond acceptors (Lipinski definition) is 3. The Balaban J connectivity index is 1.40. The predicted molar refractivity (Wildman–Crippen MR) is 115 cm³/mol. The van der Waals surface area contributed by atoms with E-state index in [1.165, 1.54) is 0 Å². The summed E-state index contributed by atoms with van der Waals surface area (Å²) in [5.41, 5.74) is 4.69. The lowest BCUT2D eigenvalue weighted by molar-refractivity contribution is 0.0773. The summed E-state index contributed by atoms with van der Waals surface area (Å²) in [6.45, 7) is 2.97. The average Bonchev–Trinajstić information content (AvgIpc) is 3.19. The van der Waals surface area contributed by atoms with Gasteiger partial charge in [-0.1, -0.05) is 30.3 Å². The number of para-hydroxylation sites is 3. The van der Waals surface area contributed by atoms with Gasteiger partial charge in [-0.3, -0.25) is 9.36 Å². The third-order valence-electron chi connectivity index (χ3n) is 4.97. The molecule has 0 N–H and O–H groups in total. The molecule has 0 aliphatic heterocycles. The highest BCUT2D eigenvalue weighted by atomic mass is 16.5. The van der Waals surface area contributed by atoms with Crippen LogP contribution in [0, 0.1) is 6.92 Å². The number of benzene rings is 3. The summed E-state index contributed by atoms with van der Waals surface area (Å²) in [4.78, 5) is 18.8. The van der Waals surface area contributed by atoms with Crippen LogP contribution in [-0.2, 0) is 0 Å². The average molecular weight is 385 g/mol. The fourth-order valence-corrected chi connectivity index (χ4v) is 3.26. The molecule has 0 fully saturated rings. The molecule has 4 rings (SSSR count). The van der Waals surface area contributed by atoms with Gasteiger partial charge in [0.15, 0.2) is 0 Å². The molecule has 0 saturated heterocycles. The first-order valence-corrected chi connectivity index (χ1v) is 9.60. The molecule has 0 atom stereocenters. The second-order valence-electron chi connectivity index (χ2n) is 6.99. The molecule has 0 bridgehead atoms. The van der Waals surface area contributed by atoms with Crippen molar-refractivity contribution < 1.29 is 9.53 Å². The Labute approximate surface area is 170 Å². The minimum absolute atomic E-state index is 0.0274. The zero-order chi connectivity index (χ0) is 20.2. The fourth-order valence-electron chi connectivity index (χ4n) is 3.26. The van der Waals surface area contributed by atoms with E-state index in [9.17, 15) is 4.79 Å². The van der Waals surface area contributed by atoms with Gasteiger partial charge in [-0.2, -0.15) is 0 Å². The van der Waals surface area contributed by atoms with Crippen LogP contribution in [0.2, 0.25) is 0 Å². The Bertz CT molecular complexity index is 1130. The monoisotopic (exact) mass is 385 g/mol. The Morgan fingerprint density at radius 2 is 1.72 bits per heavy atom. The van der Waals surface area contributed by atoms with Crippen LogP contribution in [0.3, 0.4) is 0 Å². The predicted octanol–water partition coefficient (Wildman–Crippen LogP) is 4.48. The molecule has 0 aliphatic carbocycles. The van der Waals surface area contributed by atoms with E-state index >= 15 is 0 Å². The maximum absolute atomic E-state index is 12.7. The highest BCUT2D eigenvalue weighted by Crippen LogP contribution is 2.19. The number of likely N-dealkylation sites (N-methyl/N-ethyl adjacent to an activating group) is 1. The molecule has 5 nitrogen and oxygen atoms in total. The molecule has 1 heterocycles. The first-order chi connectivity index (χ1) is 14.1. The normalized spacial score (nSPS) is 10.8. The van der Waals surface area contributed by atoms with Crippen molar-refractivity contribution in [2.24, 2.45) is 0 Å². The van der Waals surface area contributed by atoms with Gasteiger partial charge in [0, 0.05) is 18.3 Å².